The van der Waals surface area contributed by atoms with Gasteiger partial charge in [0.15, 0.2) is 0 Å². The molecule has 1 saturated heterocycles. The van der Waals surface area contributed by atoms with Gasteiger partial charge >= 0.3 is 65.3 Å². The van der Waals surface area contributed by atoms with Crippen LogP contribution in [0.4, 0.5) is 0 Å². The number of carbonyl (C=O) groups is 4. The van der Waals surface area contributed by atoms with Crippen molar-refractivity contribution >= 4 is 59.7 Å². The van der Waals surface area contributed by atoms with Gasteiger partial charge in [-0.3, -0.25) is 0 Å². The van der Waals surface area contributed by atoms with Gasteiger partial charge in [0.25, 0.3) is 0 Å². The van der Waals surface area contributed by atoms with Crippen LogP contribution >= 0.6 is 30.3 Å². The third kappa shape index (κ3) is 7.30. The standard InChI is InChI=1S/2C15H16O4.HI.S.U.2V/c1-7-6-9-8(2)10-11(13(17)18-12(10)16)14(3,4)15(9,5)19-7;1-7(2)12-13(15(17)19-14(12)16)9(4)11-6-8(3)18-10(11)5;;;;;/h2*6H,1-5H3;1H;;;;/q;;;;;;+1/p-1/b;13-9+;;;;;. The molecule has 13 heteroatoms. The summed E-state index contributed by atoms with van der Waals surface area (Å²) in [6.07, 6.45) is 1.94. The number of furan rings is 1. The van der Waals surface area contributed by atoms with Gasteiger partial charge in [0.1, 0.15) is 17.1 Å². The predicted octanol–water partition coefficient (Wildman–Crippen LogP) is 7.03. The van der Waals surface area contributed by atoms with Crippen LogP contribution in [0.25, 0.3) is 5.57 Å². The summed E-state index contributed by atoms with van der Waals surface area (Å²) in [6, 6.07) is 1.86. The van der Waals surface area contributed by atoms with Crippen LogP contribution in [0.15, 0.2) is 61.3 Å². The van der Waals surface area contributed by atoms with E-state index in [1.807, 2.05) is 60.6 Å². The largest absolute Gasteiger partial charge is 0 e. The van der Waals surface area contributed by atoms with Gasteiger partial charge in [-0.2, -0.15) is 0 Å². The first-order chi connectivity index (χ1) is 18.9. The monoisotopic (exact) mass is 1020 g/mol. The zero-order chi connectivity index (χ0) is 31.2. The van der Waals surface area contributed by atoms with Crippen molar-refractivity contribution in [3.05, 3.63) is 74.0 Å². The Hall–Kier alpha value is -0.769. The molecular weight excluding hydrogens is 987 g/mol. The quantitative estimate of drug-likeness (QED) is 0.127. The van der Waals surface area contributed by atoms with E-state index in [4.69, 9.17) is 18.6 Å². The molecule has 1 unspecified atom stereocenters. The number of carbonyl (C=O) groups excluding carboxylic acids is 4. The fraction of sp³-hybridized carbons (Fsp3) is 0.400. The number of aryl methyl sites for hydroxylation is 2. The average molecular weight is 1020 g/mol. The van der Waals surface area contributed by atoms with E-state index in [0.29, 0.717) is 27.9 Å². The van der Waals surface area contributed by atoms with Gasteiger partial charge in [0, 0.05) is 66.2 Å². The Labute approximate surface area is 309 Å². The van der Waals surface area contributed by atoms with E-state index >= 15 is 0 Å². The Morgan fingerprint density at radius 1 is 0.884 bits per heavy atom. The van der Waals surface area contributed by atoms with E-state index in [9.17, 15) is 19.2 Å². The number of hydrogen-bond donors (Lipinski definition) is 0. The molecule has 1 radical (unpaired) electrons. The fourth-order valence-corrected chi connectivity index (χ4v) is 5.67. The molecule has 8 nitrogen and oxygen atoms in total. The van der Waals surface area contributed by atoms with Crippen molar-refractivity contribution < 1.29 is 98.7 Å². The van der Waals surface area contributed by atoms with Gasteiger partial charge in [-0.15, -0.1) is 0 Å². The summed E-state index contributed by atoms with van der Waals surface area (Å²) in [7, 11) is 4.47. The van der Waals surface area contributed by atoms with Crippen LogP contribution in [0.3, 0.4) is 0 Å². The maximum atomic E-state index is 12.0. The Kier molecular flexibility index (Phi) is 14.2. The van der Waals surface area contributed by atoms with E-state index in [-0.39, 0.29) is 60.8 Å². The van der Waals surface area contributed by atoms with Crippen molar-refractivity contribution in [1.82, 2.24) is 0 Å². The number of cyclic esters (lactones) is 4. The molecule has 43 heavy (non-hydrogen) atoms. The molecule has 0 saturated carbocycles. The minimum atomic E-state index is -0.635. The van der Waals surface area contributed by atoms with Crippen molar-refractivity contribution in [2.75, 3.05) is 0 Å². The molecule has 0 N–H and O–H groups in total. The van der Waals surface area contributed by atoms with E-state index in [2.05, 4.69) is 30.3 Å². The minimum absolute atomic E-state index is 0. The van der Waals surface area contributed by atoms with Crippen molar-refractivity contribution in [3.63, 3.8) is 0 Å². The van der Waals surface area contributed by atoms with E-state index in [1.54, 1.807) is 20.8 Å². The Morgan fingerprint density at radius 3 is 1.88 bits per heavy atom. The second-order valence-electron chi connectivity index (χ2n) is 10.9. The first-order valence-corrected chi connectivity index (χ1v) is 19.3. The number of hydrogen-bond acceptors (Lipinski definition) is 9. The van der Waals surface area contributed by atoms with Crippen LogP contribution in [0.1, 0.15) is 72.5 Å². The molecule has 227 valence electrons. The number of halogens is 1. The minimum Gasteiger partial charge on any atom is 0 e. The van der Waals surface area contributed by atoms with Crippen LogP contribution in [-0.4, -0.2) is 29.5 Å². The molecule has 4 heterocycles. The molecule has 4 aliphatic rings. The van der Waals surface area contributed by atoms with Gasteiger partial charge in [0.05, 0.1) is 28.1 Å². The molecule has 0 spiro atoms. The molecule has 0 amide bonds. The SMILES string of the molecule is CC(C)=C1C(=O)OC(=O)/C1=C(\C)c1cc(C)oc1C.CC1=CC2=C(C)C3=C(C(=O)OC3=O)C(C)(C)C2(C)O1.[S]=[V][I].[U].[V]. The smallest absolute Gasteiger partial charge is 0 e. The molecule has 1 aromatic heterocycles. The van der Waals surface area contributed by atoms with Crippen LogP contribution in [-0.2, 0) is 63.1 Å². The molecule has 3 aliphatic heterocycles. The first-order valence-electron chi connectivity index (χ1n) is 12.7. The van der Waals surface area contributed by atoms with Gasteiger partial charge in [-0.05, 0) is 78.7 Å². The molecule has 1 atom stereocenters. The van der Waals surface area contributed by atoms with E-state index in [0.717, 1.165) is 39.6 Å². The summed E-state index contributed by atoms with van der Waals surface area (Å²) >= 11 is 2.44. The average Bonchev–Trinajstić information content (AvgIpc) is 3.55. The number of ether oxygens (including phenoxy) is 3. The summed E-state index contributed by atoms with van der Waals surface area (Å²) in [5, 5.41) is 0. The van der Waals surface area contributed by atoms with Gasteiger partial charge in [0.2, 0.25) is 0 Å². The summed E-state index contributed by atoms with van der Waals surface area (Å²) in [6.45, 7) is 18.6. The van der Waals surface area contributed by atoms with Crippen molar-refractivity contribution in [2.24, 2.45) is 5.41 Å². The first kappa shape index (κ1) is 40.3. The summed E-state index contributed by atoms with van der Waals surface area (Å²) < 4.78 is 20.9. The van der Waals surface area contributed by atoms with Crippen LogP contribution in [0, 0.1) is 50.4 Å². The second kappa shape index (κ2) is 15.2. The molecular formula is C30H32IO8SUV2. The van der Waals surface area contributed by atoms with Crippen LogP contribution in [0.5, 0.6) is 0 Å². The Bertz CT molecular complexity index is 1570. The number of fused-ring (bicyclic) bond motifs is 1. The van der Waals surface area contributed by atoms with E-state index < -0.39 is 34.9 Å². The second-order valence-corrected chi connectivity index (χ2v) is 16.6. The Morgan fingerprint density at radius 2 is 1.40 bits per heavy atom. The topological polar surface area (TPSA) is 109 Å². The van der Waals surface area contributed by atoms with Crippen molar-refractivity contribution in [3.8, 4) is 0 Å². The summed E-state index contributed by atoms with van der Waals surface area (Å²) in [5.41, 5.74) is 4.35. The maximum absolute atomic E-state index is 12.0. The van der Waals surface area contributed by atoms with Gasteiger partial charge in [-0.1, -0.05) is 19.4 Å². The fourth-order valence-electron chi connectivity index (χ4n) is 5.67. The van der Waals surface area contributed by atoms with Crippen LogP contribution < -0.4 is 0 Å². The molecule has 1 aliphatic carbocycles. The zero-order valence-corrected chi connectivity index (χ0v) is 35.5. The van der Waals surface area contributed by atoms with Crippen molar-refractivity contribution in [1.29, 1.82) is 0 Å². The number of allylic oxidation sites excluding steroid dienone is 3. The Balaban J connectivity index is 0.000000378. The molecule has 5 rings (SSSR count). The molecule has 1 aromatic rings. The zero-order valence-electron chi connectivity index (χ0n) is 25.6. The third-order valence-corrected chi connectivity index (χ3v) is 7.83. The van der Waals surface area contributed by atoms with Crippen molar-refractivity contribution in [2.45, 2.75) is 74.8 Å². The van der Waals surface area contributed by atoms with Gasteiger partial charge in [-0.25, -0.2) is 19.2 Å². The molecule has 0 bridgehead atoms. The van der Waals surface area contributed by atoms with E-state index in [1.165, 1.54) is 0 Å². The predicted molar refractivity (Wildman–Crippen MR) is 160 cm³/mol. The van der Waals surface area contributed by atoms with Crippen LogP contribution in [0.2, 0.25) is 0 Å². The third-order valence-electron chi connectivity index (χ3n) is 7.83. The summed E-state index contributed by atoms with van der Waals surface area (Å²) in [5.74, 6) is 0.0450. The number of rotatable bonds is 1. The maximum Gasteiger partial charge on any atom is 0 e. The number of esters is 4. The summed E-state index contributed by atoms with van der Waals surface area (Å²) in [4.78, 5) is 47.5. The molecule has 0 aromatic carbocycles. The normalized spacial score (nSPS) is 22.3. The molecule has 1 fully saturated rings. The van der Waals surface area contributed by atoms with Gasteiger partial charge < -0.3 is 18.6 Å².